The summed E-state index contributed by atoms with van der Waals surface area (Å²) in [7, 11) is 3.03. The zero-order chi connectivity index (χ0) is 17.5. The molecule has 1 aromatic carbocycles. The van der Waals surface area contributed by atoms with Crippen LogP contribution < -0.4 is 14.8 Å². The monoisotopic (exact) mass is 330 g/mol. The van der Waals surface area contributed by atoms with Crippen LogP contribution in [0.1, 0.15) is 17.3 Å². The minimum Gasteiger partial charge on any atom is -0.493 e. The molecule has 0 saturated carbocycles. The first-order valence-electron chi connectivity index (χ1n) is 7.19. The highest BCUT2D eigenvalue weighted by Gasteiger charge is 2.19. The first kappa shape index (κ1) is 17.3. The number of anilines is 1. The fourth-order valence-corrected chi connectivity index (χ4v) is 1.92. The number of hydrogen-bond acceptors (Lipinski definition) is 6. The third-order valence-corrected chi connectivity index (χ3v) is 3.20. The summed E-state index contributed by atoms with van der Waals surface area (Å²) in [5, 5.41) is 2.66. The van der Waals surface area contributed by atoms with Gasteiger partial charge in [0.05, 0.1) is 19.8 Å². The van der Waals surface area contributed by atoms with Gasteiger partial charge in [-0.2, -0.15) is 0 Å². The van der Waals surface area contributed by atoms with Crippen LogP contribution in [0.25, 0.3) is 0 Å². The molecule has 0 radical (unpaired) electrons. The second-order valence-corrected chi connectivity index (χ2v) is 4.85. The van der Waals surface area contributed by atoms with Gasteiger partial charge >= 0.3 is 5.97 Å². The topological polar surface area (TPSA) is 86.8 Å². The largest absolute Gasteiger partial charge is 0.493 e. The predicted molar refractivity (Wildman–Crippen MR) is 87.3 cm³/mol. The quantitative estimate of drug-likeness (QED) is 0.818. The number of rotatable bonds is 6. The van der Waals surface area contributed by atoms with Gasteiger partial charge in [-0.1, -0.05) is 0 Å². The summed E-state index contributed by atoms with van der Waals surface area (Å²) in [5.41, 5.74) is 0.783. The molecule has 0 saturated heterocycles. The van der Waals surface area contributed by atoms with Crippen molar-refractivity contribution in [3.05, 3.63) is 48.3 Å². The summed E-state index contributed by atoms with van der Waals surface area (Å²) in [6.45, 7) is 1.49. The molecule has 7 heteroatoms. The third kappa shape index (κ3) is 4.22. The summed E-state index contributed by atoms with van der Waals surface area (Å²) in [6, 6.07) is 8.13. The summed E-state index contributed by atoms with van der Waals surface area (Å²) >= 11 is 0. The number of pyridine rings is 1. The van der Waals surface area contributed by atoms with Crippen LogP contribution in [0.4, 0.5) is 5.69 Å². The van der Waals surface area contributed by atoms with Gasteiger partial charge in [0.2, 0.25) is 0 Å². The van der Waals surface area contributed by atoms with Gasteiger partial charge in [-0.25, -0.2) is 4.79 Å². The summed E-state index contributed by atoms with van der Waals surface area (Å²) in [4.78, 5) is 27.9. The van der Waals surface area contributed by atoms with Crippen molar-refractivity contribution in [3.8, 4) is 11.5 Å². The van der Waals surface area contributed by atoms with Gasteiger partial charge in [0.15, 0.2) is 17.6 Å². The number of ether oxygens (including phenoxy) is 3. The van der Waals surface area contributed by atoms with E-state index >= 15 is 0 Å². The van der Waals surface area contributed by atoms with Crippen LogP contribution in [0.15, 0.2) is 42.7 Å². The predicted octanol–water partition coefficient (Wildman–Crippen LogP) is 2.28. The van der Waals surface area contributed by atoms with Crippen molar-refractivity contribution < 1.29 is 23.8 Å². The molecule has 24 heavy (non-hydrogen) atoms. The fourth-order valence-electron chi connectivity index (χ4n) is 1.92. The molecule has 1 amide bonds. The van der Waals surface area contributed by atoms with Gasteiger partial charge < -0.3 is 19.5 Å². The van der Waals surface area contributed by atoms with Gasteiger partial charge in [-0.15, -0.1) is 0 Å². The molecule has 126 valence electrons. The molecule has 0 aliphatic heterocycles. The molecule has 0 aliphatic carbocycles. The number of benzene rings is 1. The van der Waals surface area contributed by atoms with Crippen LogP contribution in [0, 0.1) is 0 Å². The molecule has 7 nitrogen and oxygen atoms in total. The maximum atomic E-state index is 12.2. The van der Waals surface area contributed by atoms with Crippen molar-refractivity contribution in [2.75, 3.05) is 19.5 Å². The second kappa shape index (κ2) is 7.96. The van der Waals surface area contributed by atoms with Crippen LogP contribution in [0.3, 0.4) is 0 Å². The lowest BCUT2D eigenvalue weighted by Gasteiger charge is -2.14. The minimum absolute atomic E-state index is 0.281. The molecule has 0 bridgehead atoms. The van der Waals surface area contributed by atoms with E-state index < -0.39 is 18.0 Å². The van der Waals surface area contributed by atoms with Crippen molar-refractivity contribution in [2.24, 2.45) is 0 Å². The molecule has 0 aliphatic rings. The van der Waals surface area contributed by atoms with E-state index in [2.05, 4.69) is 10.3 Å². The molecule has 2 aromatic rings. The molecule has 1 unspecified atom stereocenters. The molecule has 1 N–H and O–H groups in total. The Morgan fingerprint density at radius 3 is 2.50 bits per heavy atom. The maximum Gasteiger partial charge on any atom is 0.340 e. The number of esters is 1. The zero-order valence-corrected chi connectivity index (χ0v) is 13.6. The fraction of sp³-hybridized carbons (Fsp3) is 0.235. The van der Waals surface area contributed by atoms with Gasteiger partial charge in [0, 0.05) is 24.1 Å². The normalized spacial score (nSPS) is 11.3. The van der Waals surface area contributed by atoms with Gasteiger partial charge in [0.1, 0.15) is 0 Å². The lowest BCUT2D eigenvalue weighted by atomic mass is 10.2. The molecule has 0 spiro atoms. The Morgan fingerprint density at radius 2 is 1.88 bits per heavy atom. The molecule has 1 atom stereocenters. The van der Waals surface area contributed by atoms with E-state index in [4.69, 9.17) is 14.2 Å². The Bertz CT molecular complexity index is 718. The van der Waals surface area contributed by atoms with E-state index in [0.717, 1.165) is 0 Å². The van der Waals surface area contributed by atoms with Gasteiger partial charge in [-0.3, -0.25) is 9.78 Å². The number of carbonyl (C=O) groups is 2. The standard InChI is InChI=1S/C17H18N2O5/c1-11(24-17(21)12-5-4-8-18-10-12)16(20)19-13-6-7-14(22-2)15(9-13)23-3/h4-11H,1-3H3,(H,19,20). The van der Waals surface area contributed by atoms with Crippen LogP contribution in [0.5, 0.6) is 11.5 Å². The first-order valence-corrected chi connectivity index (χ1v) is 7.19. The Morgan fingerprint density at radius 1 is 1.12 bits per heavy atom. The lowest BCUT2D eigenvalue weighted by Crippen LogP contribution is -2.30. The van der Waals surface area contributed by atoms with E-state index in [1.54, 1.807) is 36.5 Å². The highest BCUT2D eigenvalue weighted by Crippen LogP contribution is 2.29. The second-order valence-electron chi connectivity index (χ2n) is 4.85. The number of nitrogens with one attached hydrogen (secondary N) is 1. The maximum absolute atomic E-state index is 12.2. The van der Waals surface area contributed by atoms with Gasteiger partial charge in [-0.05, 0) is 31.2 Å². The van der Waals surface area contributed by atoms with E-state index in [0.29, 0.717) is 17.2 Å². The highest BCUT2D eigenvalue weighted by atomic mass is 16.5. The number of amides is 1. The number of methoxy groups -OCH3 is 2. The number of hydrogen-bond donors (Lipinski definition) is 1. The highest BCUT2D eigenvalue weighted by molar-refractivity contribution is 5.97. The molecule has 1 heterocycles. The number of nitrogens with zero attached hydrogens (tertiary/aromatic N) is 1. The summed E-state index contributed by atoms with van der Waals surface area (Å²) in [5.74, 6) is -0.0422. The average molecular weight is 330 g/mol. The Hall–Kier alpha value is -3.09. The average Bonchev–Trinajstić information content (AvgIpc) is 2.62. The molecule has 1 aromatic heterocycles. The van der Waals surface area contributed by atoms with Crippen molar-refractivity contribution in [3.63, 3.8) is 0 Å². The smallest absolute Gasteiger partial charge is 0.340 e. The van der Waals surface area contributed by atoms with E-state index in [1.807, 2.05) is 0 Å². The molecule has 0 fully saturated rings. The van der Waals surface area contributed by atoms with Crippen molar-refractivity contribution in [1.29, 1.82) is 0 Å². The van der Waals surface area contributed by atoms with Crippen molar-refractivity contribution >= 4 is 17.6 Å². The van der Waals surface area contributed by atoms with E-state index in [9.17, 15) is 9.59 Å². The zero-order valence-electron chi connectivity index (χ0n) is 13.6. The Balaban J connectivity index is 2.00. The van der Waals surface area contributed by atoms with Crippen LogP contribution in [-0.4, -0.2) is 37.2 Å². The first-order chi connectivity index (χ1) is 11.5. The van der Waals surface area contributed by atoms with Crippen LogP contribution in [-0.2, 0) is 9.53 Å². The van der Waals surface area contributed by atoms with Crippen LogP contribution >= 0.6 is 0 Å². The third-order valence-electron chi connectivity index (χ3n) is 3.20. The number of carbonyl (C=O) groups excluding carboxylic acids is 2. The van der Waals surface area contributed by atoms with E-state index in [1.165, 1.54) is 27.3 Å². The van der Waals surface area contributed by atoms with Crippen LogP contribution in [0.2, 0.25) is 0 Å². The van der Waals surface area contributed by atoms with Gasteiger partial charge in [0.25, 0.3) is 5.91 Å². The lowest BCUT2D eigenvalue weighted by molar-refractivity contribution is -0.123. The molecule has 2 rings (SSSR count). The SMILES string of the molecule is COc1ccc(NC(=O)C(C)OC(=O)c2cccnc2)cc1OC. The Kier molecular flexibility index (Phi) is 5.73. The summed E-state index contributed by atoms with van der Waals surface area (Å²) in [6.07, 6.45) is 1.96. The van der Waals surface area contributed by atoms with Crippen molar-refractivity contribution in [1.82, 2.24) is 4.98 Å². The minimum atomic E-state index is -0.967. The molecular weight excluding hydrogens is 312 g/mol. The van der Waals surface area contributed by atoms with E-state index in [-0.39, 0.29) is 5.56 Å². The molecular formula is C17H18N2O5. The number of aromatic nitrogens is 1. The Labute approximate surface area is 139 Å². The van der Waals surface area contributed by atoms with Crippen molar-refractivity contribution in [2.45, 2.75) is 13.0 Å². The summed E-state index contributed by atoms with van der Waals surface area (Å²) < 4.78 is 15.4.